The summed E-state index contributed by atoms with van der Waals surface area (Å²) >= 11 is 5.67. The van der Waals surface area contributed by atoms with Gasteiger partial charge in [-0.2, -0.15) is 0 Å². The van der Waals surface area contributed by atoms with Gasteiger partial charge in [0.1, 0.15) is 0 Å². The lowest BCUT2D eigenvalue weighted by molar-refractivity contribution is -0.106. The Morgan fingerprint density at radius 2 is 1.78 bits per heavy atom. The molecule has 0 saturated carbocycles. The van der Waals surface area contributed by atoms with Crippen molar-refractivity contribution in [1.29, 1.82) is 0 Å². The Hall–Kier alpha value is -2.32. The molecule has 0 aromatic heterocycles. The third kappa shape index (κ3) is 3.72. The maximum Gasteiger partial charge on any atom is 0.211 e. The summed E-state index contributed by atoms with van der Waals surface area (Å²) in [5, 5.41) is 5.19. The van der Waals surface area contributed by atoms with Gasteiger partial charge in [0, 0.05) is 31.7 Å². The lowest BCUT2D eigenvalue weighted by atomic mass is 10.2. The lowest BCUT2D eigenvalue weighted by Gasteiger charge is -2.15. The second-order valence-corrected chi connectivity index (χ2v) is 6.22. The van der Waals surface area contributed by atoms with Crippen LogP contribution < -0.4 is 22.1 Å². The smallest absolute Gasteiger partial charge is 0.211 e. The van der Waals surface area contributed by atoms with Crippen LogP contribution in [0.3, 0.4) is 0 Å². The molecule has 6 N–H and O–H groups in total. The zero-order valence-electron chi connectivity index (χ0n) is 12.3. The molecule has 23 heavy (non-hydrogen) atoms. The molecule has 0 aliphatic rings. The molecule has 8 heteroatoms. The molecule has 0 saturated heterocycles. The molecule has 2 rings (SSSR count). The second kappa shape index (κ2) is 7.30. The molecule has 120 valence electrons. The van der Waals surface area contributed by atoms with Crippen molar-refractivity contribution in [1.82, 2.24) is 0 Å². The van der Waals surface area contributed by atoms with Crippen LogP contribution in [-0.2, 0) is 9.59 Å². The van der Waals surface area contributed by atoms with E-state index in [1.54, 1.807) is 24.3 Å². The van der Waals surface area contributed by atoms with E-state index < -0.39 is 0 Å². The molecular weight excluding hydrogens is 332 g/mol. The summed E-state index contributed by atoms with van der Waals surface area (Å²) in [6.45, 7) is 1.84. The minimum Gasteiger partial charge on any atom is -0.398 e. The van der Waals surface area contributed by atoms with E-state index in [1.165, 1.54) is 11.8 Å². The Balaban J connectivity index is 2.47. The van der Waals surface area contributed by atoms with Crippen LogP contribution in [0.15, 0.2) is 39.0 Å². The summed E-state index contributed by atoms with van der Waals surface area (Å²) < 4.78 is 0. The fraction of sp³-hybridized carbons (Fsp3) is 0.0667. The highest BCUT2D eigenvalue weighted by atomic mass is 32.2. The molecule has 2 amide bonds. The Labute approximate surface area is 143 Å². The van der Waals surface area contributed by atoms with Crippen molar-refractivity contribution in [2.45, 2.75) is 21.6 Å². The van der Waals surface area contributed by atoms with Crippen LogP contribution in [0.4, 0.5) is 22.7 Å². The van der Waals surface area contributed by atoms with Crippen LogP contribution in [0.5, 0.6) is 0 Å². The van der Waals surface area contributed by atoms with Gasteiger partial charge in [0.2, 0.25) is 12.8 Å². The molecule has 0 heterocycles. The van der Waals surface area contributed by atoms with Gasteiger partial charge < -0.3 is 22.1 Å². The van der Waals surface area contributed by atoms with Crippen molar-refractivity contribution in [2.75, 3.05) is 22.1 Å². The van der Waals surface area contributed by atoms with Crippen LogP contribution in [0.1, 0.15) is 5.56 Å². The SMILES string of the molecule is Cc1c(N)c(Sc2cc(NC=O)ccc2NC=O)cc(N)c1S. The van der Waals surface area contributed by atoms with Gasteiger partial charge in [0.25, 0.3) is 0 Å². The van der Waals surface area contributed by atoms with Gasteiger partial charge in [-0.05, 0) is 36.8 Å². The first-order chi connectivity index (χ1) is 11.0. The van der Waals surface area contributed by atoms with E-state index in [9.17, 15) is 9.59 Å². The number of anilines is 4. The van der Waals surface area contributed by atoms with E-state index >= 15 is 0 Å². The molecular formula is C15H16N4O2S2. The maximum atomic E-state index is 10.8. The average Bonchev–Trinajstić information content (AvgIpc) is 2.53. The molecule has 2 aromatic carbocycles. The maximum absolute atomic E-state index is 10.8. The highest BCUT2D eigenvalue weighted by molar-refractivity contribution is 7.99. The summed E-state index contributed by atoms with van der Waals surface area (Å²) in [5.74, 6) is 0. The van der Waals surface area contributed by atoms with Crippen molar-refractivity contribution in [3.05, 3.63) is 29.8 Å². The molecule has 6 nitrogen and oxygen atoms in total. The monoisotopic (exact) mass is 348 g/mol. The van der Waals surface area contributed by atoms with Crippen molar-refractivity contribution < 1.29 is 9.59 Å². The molecule has 0 aliphatic heterocycles. The Kier molecular flexibility index (Phi) is 5.41. The van der Waals surface area contributed by atoms with Crippen LogP contribution in [0, 0.1) is 6.92 Å². The number of nitrogens with one attached hydrogen (secondary N) is 2. The van der Waals surface area contributed by atoms with Gasteiger partial charge in [-0.1, -0.05) is 11.8 Å². The van der Waals surface area contributed by atoms with E-state index in [1.807, 2.05) is 6.92 Å². The number of nitrogens with two attached hydrogens (primary N) is 2. The zero-order valence-corrected chi connectivity index (χ0v) is 14.0. The van der Waals surface area contributed by atoms with E-state index in [2.05, 4.69) is 23.3 Å². The van der Waals surface area contributed by atoms with Gasteiger partial charge in [-0.15, -0.1) is 12.6 Å². The van der Waals surface area contributed by atoms with Gasteiger partial charge in [-0.25, -0.2) is 0 Å². The van der Waals surface area contributed by atoms with Crippen LogP contribution in [0.25, 0.3) is 0 Å². The van der Waals surface area contributed by atoms with E-state index in [4.69, 9.17) is 11.5 Å². The lowest BCUT2D eigenvalue weighted by Crippen LogP contribution is -2.01. The second-order valence-electron chi connectivity index (χ2n) is 4.69. The van der Waals surface area contributed by atoms with Crippen LogP contribution in [0.2, 0.25) is 0 Å². The first-order valence-corrected chi connectivity index (χ1v) is 7.84. The van der Waals surface area contributed by atoms with Crippen LogP contribution >= 0.6 is 24.4 Å². The highest BCUT2D eigenvalue weighted by Crippen LogP contribution is 2.41. The molecule has 0 fully saturated rings. The molecule has 0 spiro atoms. The number of hydrogen-bond acceptors (Lipinski definition) is 6. The number of carbonyl (C=O) groups is 2. The summed E-state index contributed by atoms with van der Waals surface area (Å²) in [7, 11) is 0. The topological polar surface area (TPSA) is 110 Å². The Morgan fingerprint density at radius 3 is 2.43 bits per heavy atom. The summed E-state index contributed by atoms with van der Waals surface area (Å²) in [5.41, 5.74) is 15.2. The largest absolute Gasteiger partial charge is 0.398 e. The normalized spacial score (nSPS) is 10.2. The summed E-state index contributed by atoms with van der Waals surface area (Å²) in [4.78, 5) is 23.5. The number of carbonyl (C=O) groups excluding carboxylic acids is 2. The molecule has 0 unspecified atom stereocenters. The first kappa shape index (κ1) is 17.0. The number of rotatable bonds is 6. The fourth-order valence-corrected chi connectivity index (χ4v) is 3.26. The minimum absolute atomic E-state index is 0.523. The minimum atomic E-state index is 0.523. The van der Waals surface area contributed by atoms with E-state index in [0.29, 0.717) is 40.5 Å². The third-order valence-electron chi connectivity index (χ3n) is 3.23. The van der Waals surface area contributed by atoms with Gasteiger partial charge in [0.05, 0.1) is 5.69 Å². The van der Waals surface area contributed by atoms with Gasteiger partial charge >= 0.3 is 0 Å². The highest BCUT2D eigenvalue weighted by Gasteiger charge is 2.13. The predicted octanol–water partition coefficient (Wildman–Crippen LogP) is 2.74. The van der Waals surface area contributed by atoms with Crippen molar-refractivity contribution in [3.63, 3.8) is 0 Å². The first-order valence-electron chi connectivity index (χ1n) is 6.57. The van der Waals surface area contributed by atoms with Gasteiger partial charge in [-0.3, -0.25) is 9.59 Å². The molecule has 0 aliphatic carbocycles. The van der Waals surface area contributed by atoms with Crippen LogP contribution in [-0.4, -0.2) is 12.8 Å². The Bertz CT molecular complexity index is 766. The predicted molar refractivity (Wildman–Crippen MR) is 97.2 cm³/mol. The zero-order chi connectivity index (χ0) is 17.0. The quantitative estimate of drug-likeness (QED) is 0.313. The average molecular weight is 348 g/mol. The molecule has 0 bridgehead atoms. The number of thiol groups is 1. The van der Waals surface area contributed by atoms with E-state index in [0.717, 1.165) is 15.4 Å². The van der Waals surface area contributed by atoms with Crippen molar-refractivity contribution in [3.8, 4) is 0 Å². The number of benzene rings is 2. The van der Waals surface area contributed by atoms with E-state index in [-0.39, 0.29) is 0 Å². The number of nitrogen functional groups attached to an aromatic ring is 2. The van der Waals surface area contributed by atoms with Crippen molar-refractivity contribution >= 4 is 60.0 Å². The number of hydrogen-bond donors (Lipinski definition) is 5. The molecule has 2 aromatic rings. The van der Waals surface area contributed by atoms with Crippen molar-refractivity contribution in [2.24, 2.45) is 0 Å². The molecule has 0 atom stereocenters. The summed E-state index contributed by atoms with van der Waals surface area (Å²) in [6, 6.07) is 6.86. The molecule has 0 radical (unpaired) electrons. The number of amides is 2. The standard InChI is InChI=1S/C15H16N4O2S2/c1-8-14(17)13(5-10(16)15(8)22)23-12-4-9(18-6-20)2-3-11(12)19-7-21/h2-7,22H,16-17H2,1H3,(H,18,20)(H,19,21). The summed E-state index contributed by atoms with van der Waals surface area (Å²) in [6.07, 6.45) is 1.18. The Morgan fingerprint density at radius 1 is 1.09 bits per heavy atom. The third-order valence-corrected chi connectivity index (χ3v) is 4.94. The van der Waals surface area contributed by atoms with Gasteiger partial charge in [0.15, 0.2) is 0 Å². The fourth-order valence-electron chi connectivity index (χ4n) is 1.97.